The predicted molar refractivity (Wildman–Crippen MR) is 36.3 cm³/mol. The van der Waals surface area contributed by atoms with E-state index in [-0.39, 0.29) is 6.61 Å². The molecule has 0 aliphatic rings. The maximum absolute atomic E-state index is 8.20. The van der Waals surface area contributed by atoms with Crippen molar-refractivity contribution in [2.45, 2.75) is 0 Å². The van der Waals surface area contributed by atoms with Crippen molar-refractivity contribution >= 4 is 0 Å². The molecule has 0 atom stereocenters. The SMILES string of the molecule is C#CC#CC=C=CCO. The van der Waals surface area contributed by atoms with Gasteiger partial charge in [0, 0.05) is 6.08 Å². The maximum Gasteiger partial charge on any atom is 0.0686 e. The van der Waals surface area contributed by atoms with Crippen LogP contribution in [0.4, 0.5) is 0 Å². The number of hydrogen-bond donors (Lipinski definition) is 1. The zero-order valence-corrected chi connectivity index (χ0v) is 4.89. The summed E-state index contributed by atoms with van der Waals surface area (Å²) in [4.78, 5) is 0. The molecule has 0 bridgehead atoms. The van der Waals surface area contributed by atoms with Crippen molar-refractivity contribution < 1.29 is 5.11 Å². The van der Waals surface area contributed by atoms with Crippen LogP contribution in [0, 0.1) is 24.2 Å². The van der Waals surface area contributed by atoms with Crippen molar-refractivity contribution in [1.82, 2.24) is 0 Å². The fourth-order valence-corrected chi connectivity index (χ4v) is 0.231. The molecular formula is C8H6O. The summed E-state index contributed by atoms with van der Waals surface area (Å²) in [7, 11) is 0. The largest absolute Gasteiger partial charge is 0.392 e. The molecule has 1 heteroatoms. The van der Waals surface area contributed by atoms with Gasteiger partial charge in [0.25, 0.3) is 0 Å². The molecule has 0 amide bonds. The Balaban J connectivity index is 3.76. The average molecular weight is 118 g/mol. The third kappa shape index (κ3) is 6.60. The molecule has 0 aliphatic heterocycles. The first kappa shape index (κ1) is 7.60. The summed E-state index contributed by atoms with van der Waals surface area (Å²) in [6, 6.07) is 0. The molecule has 44 valence electrons. The van der Waals surface area contributed by atoms with Gasteiger partial charge in [0.15, 0.2) is 0 Å². The molecule has 0 rings (SSSR count). The summed E-state index contributed by atoms with van der Waals surface area (Å²) in [5.74, 6) is 7.01. The smallest absolute Gasteiger partial charge is 0.0686 e. The molecule has 1 nitrogen and oxygen atoms in total. The maximum atomic E-state index is 8.20. The second kappa shape index (κ2) is 6.60. The van der Waals surface area contributed by atoms with E-state index in [9.17, 15) is 0 Å². The Bertz CT molecular complexity index is 213. The lowest BCUT2D eigenvalue weighted by Gasteiger charge is -1.64. The van der Waals surface area contributed by atoms with Gasteiger partial charge in [0.2, 0.25) is 0 Å². The van der Waals surface area contributed by atoms with E-state index in [0.717, 1.165) is 0 Å². The Morgan fingerprint density at radius 2 is 2.33 bits per heavy atom. The molecule has 0 heterocycles. The van der Waals surface area contributed by atoms with Crippen molar-refractivity contribution in [3.63, 3.8) is 0 Å². The Morgan fingerprint density at radius 1 is 1.56 bits per heavy atom. The first-order chi connectivity index (χ1) is 4.41. The van der Waals surface area contributed by atoms with Gasteiger partial charge in [-0.2, -0.15) is 0 Å². The average Bonchev–Trinajstić information content (AvgIpc) is 1.89. The lowest BCUT2D eigenvalue weighted by molar-refractivity contribution is 0.343. The van der Waals surface area contributed by atoms with E-state index in [4.69, 9.17) is 11.5 Å². The van der Waals surface area contributed by atoms with Crippen LogP contribution in [0.5, 0.6) is 0 Å². The van der Waals surface area contributed by atoms with Gasteiger partial charge in [0.05, 0.1) is 6.61 Å². The van der Waals surface area contributed by atoms with Crippen LogP contribution in [0.2, 0.25) is 0 Å². The predicted octanol–water partition coefficient (Wildman–Crippen LogP) is 0.327. The molecule has 0 radical (unpaired) electrons. The fourth-order valence-electron chi connectivity index (χ4n) is 0.231. The van der Waals surface area contributed by atoms with Gasteiger partial charge < -0.3 is 5.11 Å². The van der Waals surface area contributed by atoms with Gasteiger partial charge in [-0.25, -0.2) is 0 Å². The molecule has 0 fully saturated rings. The van der Waals surface area contributed by atoms with Crippen LogP contribution in [0.25, 0.3) is 0 Å². The standard InChI is InChI=1S/C8H6O/c1-2-3-4-5-6-7-8-9/h1,5,7,9H,8H2. The van der Waals surface area contributed by atoms with E-state index in [1.165, 1.54) is 12.2 Å². The van der Waals surface area contributed by atoms with Crippen LogP contribution >= 0.6 is 0 Å². The quantitative estimate of drug-likeness (QED) is 0.388. The fraction of sp³-hybridized carbons (Fsp3) is 0.125. The van der Waals surface area contributed by atoms with Crippen LogP contribution in [0.15, 0.2) is 17.9 Å². The molecule has 0 aliphatic carbocycles. The normalized spacial score (nSPS) is 5.33. The Hall–Kier alpha value is -1.40. The first-order valence-corrected chi connectivity index (χ1v) is 2.38. The van der Waals surface area contributed by atoms with E-state index in [0.29, 0.717) is 0 Å². The van der Waals surface area contributed by atoms with Gasteiger partial charge in [-0.05, 0) is 17.9 Å². The summed E-state index contributed by atoms with van der Waals surface area (Å²) >= 11 is 0. The number of aliphatic hydroxyl groups excluding tert-OH is 1. The highest BCUT2D eigenvalue weighted by molar-refractivity contribution is 5.27. The minimum absolute atomic E-state index is 0.0196. The molecule has 9 heavy (non-hydrogen) atoms. The minimum atomic E-state index is -0.0196. The minimum Gasteiger partial charge on any atom is -0.392 e. The van der Waals surface area contributed by atoms with E-state index in [1.54, 1.807) is 0 Å². The van der Waals surface area contributed by atoms with Crippen molar-refractivity contribution in [1.29, 1.82) is 0 Å². The highest BCUT2D eigenvalue weighted by Crippen LogP contribution is 1.63. The van der Waals surface area contributed by atoms with E-state index in [2.05, 4.69) is 23.5 Å². The topological polar surface area (TPSA) is 20.2 Å². The zero-order valence-electron chi connectivity index (χ0n) is 4.89. The summed E-state index contributed by atoms with van der Waals surface area (Å²) in [6.45, 7) is -0.0196. The van der Waals surface area contributed by atoms with E-state index in [1.807, 2.05) is 0 Å². The lowest BCUT2D eigenvalue weighted by atomic mass is 10.5. The molecule has 1 N–H and O–H groups in total. The molecule has 0 saturated carbocycles. The van der Waals surface area contributed by atoms with Gasteiger partial charge in [-0.15, -0.1) is 12.2 Å². The molecular weight excluding hydrogens is 112 g/mol. The number of terminal acetylenes is 1. The third-order valence-electron chi connectivity index (χ3n) is 0.509. The highest BCUT2D eigenvalue weighted by Gasteiger charge is 1.56. The molecule has 0 unspecified atom stereocenters. The van der Waals surface area contributed by atoms with Crippen molar-refractivity contribution in [3.05, 3.63) is 17.9 Å². The van der Waals surface area contributed by atoms with Gasteiger partial charge in [-0.1, -0.05) is 5.92 Å². The van der Waals surface area contributed by atoms with Crippen molar-refractivity contribution in [2.24, 2.45) is 0 Å². The Morgan fingerprint density at radius 3 is 2.89 bits per heavy atom. The van der Waals surface area contributed by atoms with Gasteiger partial charge in [-0.3, -0.25) is 0 Å². The monoisotopic (exact) mass is 118 g/mol. The summed E-state index contributed by atoms with van der Waals surface area (Å²) < 4.78 is 0. The molecule has 0 aromatic heterocycles. The van der Waals surface area contributed by atoms with Crippen LogP contribution in [0.1, 0.15) is 0 Å². The van der Waals surface area contributed by atoms with Crippen molar-refractivity contribution in [2.75, 3.05) is 6.61 Å². The zero-order chi connectivity index (χ0) is 6.95. The van der Waals surface area contributed by atoms with E-state index >= 15 is 0 Å². The highest BCUT2D eigenvalue weighted by atomic mass is 16.2. The number of rotatable bonds is 1. The summed E-state index contributed by atoms with van der Waals surface area (Å²) in [5, 5.41) is 8.20. The second-order valence-electron chi connectivity index (χ2n) is 1.11. The number of hydrogen-bond acceptors (Lipinski definition) is 1. The van der Waals surface area contributed by atoms with Crippen LogP contribution < -0.4 is 0 Å². The van der Waals surface area contributed by atoms with Crippen LogP contribution in [-0.2, 0) is 0 Å². The molecule has 0 aromatic carbocycles. The summed E-state index contributed by atoms with van der Waals surface area (Å²) in [5.41, 5.74) is 2.60. The lowest BCUT2D eigenvalue weighted by Crippen LogP contribution is -1.64. The third-order valence-corrected chi connectivity index (χ3v) is 0.509. The molecule has 0 saturated heterocycles. The van der Waals surface area contributed by atoms with Gasteiger partial charge >= 0.3 is 0 Å². The summed E-state index contributed by atoms with van der Waals surface area (Å²) in [6.07, 6.45) is 7.72. The van der Waals surface area contributed by atoms with Crippen LogP contribution in [0.3, 0.4) is 0 Å². The number of aliphatic hydroxyl groups is 1. The van der Waals surface area contributed by atoms with Crippen LogP contribution in [-0.4, -0.2) is 11.7 Å². The van der Waals surface area contributed by atoms with Crippen molar-refractivity contribution in [3.8, 4) is 24.2 Å². The molecule has 0 spiro atoms. The Labute approximate surface area is 54.7 Å². The van der Waals surface area contributed by atoms with E-state index < -0.39 is 0 Å². The van der Waals surface area contributed by atoms with Gasteiger partial charge in [0.1, 0.15) is 0 Å². The second-order valence-corrected chi connectivity index (χ2v) is 1.11. The first-order valence-electron chi connectivity index (χ1n) is 2.38. The molecule has 0 aromatic rings. The Kier molecular flexibility index (Phi) is 5.57.